The van der Waals surface area contributed by atoms with E-state index in [-0.39, 0.29) is 18.0 Å². The number of benzene rings is 1. The van der Waals surface area contributed by atoms with Gasteiger partial charge in [-0.25, -0.2) is 8.42 Å². The number of hydrogen-bond acceptors (Lipinski definition) is 4. The third-order valence-electron chi connectivity index (χ3n) is 5.10. The Morgan fingerprint density at radius 2 is 1.76 bits per heavy atom. The van der Waals surface area contributed by atoms with E-state index < -0.39 is 10.0 Å². The summed E-state index contributed by atoms with van der Waals surface area (Å²) in [5.41, 5.74) is 2.45. The molecule has 1 aliphatic heterocycles. The number of nitrogens with zero attached hydrogens (tertiary/aromatic N) is 1. The van der Waals surface area contributed by atoms with E-state index in [1.807, 2.05) is 26.0 Å². The first-order valence-corrected chi connectivity index (χ1v) is 10.6. The van der Waals surface area contributed by atoms with Gasteiger partial charge in [-0.1, -0.05) is 6.07 Å². The third-order valence-corrected chi connectivity index (χ3v) is 6.99. The second-order valence-electron chi connectivity index (χ2n) is 7.30. The number of esters is 1. The Balaban J connectivity index is 1.69. The van der Waals surface area contributed by atoms with Gasteiger partial charge in [0.25, 0.3) is 0 Å². The SMILES string of the molecule is CC(C)OC(=O)C1CCN(S(=O)(=O)c2ccc3c(c2)CCCC3)CC1. The van der Waals surface area contributed by atoms with Crippen LogP contribution in [0.3, 0.4) is 0 Å². The van der Waals surface area contributed by atoms with Crippen LogP contribution in [0.25, 0.3) is 0 Å². The quantitative estimate of drug-likeness (QED) is 0.770. The largest absolute Gasteiger partial charge is 0.463 e. The number of aryl methyl sites for hydroxylation is 2. The minimum atomic E-state index is -3.49. The number of carbonyl (C=O) groups is 1. The molecule has 1 aromatic carbocycles. The van der Waals surface area contributed by atoms with E-state index in [2.05, 4.69) is 0 Å². The molecule has 6 heteroatoms. The first-order chi connectivity index (χ1) is 11.9. The molecule has 0 N–H and O–H groups in total. The number of fused-ring (bicyclic) bond motifs is 1. The van der Waals surface area contributed by atoms with Crippen LogP contribution in [-0.2, 0) is 32.4 Å². The van der Waals surface area contributed by atoms with E-state index in [4.69, 9.17) is 4.74 Å². The van der Waals surface area contributed by atoms with Crippen molar-refractivity contribution in [3.63, 3.8) is 0 Å². The van der Waals surface area contributed by atoms with Gasteiger partial charge >= 0.3 is 5.97 Å². The molecule has 0 atom stereocenters. The second-order valence-corrected chi connectivity index (χ2v) is 9.24. The molecular weight excluding hydrogens is 338 g/mol. The summed E-state index contributed by atoms with van der Waals surface area (Å²) in [6.07, 6.45) is 5.22. The smallest absolute Gasteiger partial charge is 0.309 e. The van der Waals surface area contributed by atoms with E-state index in [1.165, 1.54) is 21.9 Å². The number of ether oxygens (including phenoxy) is 1. The molecule has 0 amide bonds. The van der Waals surface area contributed by atoms with Crippen LogP contribution in [0.2, 0.25) is 0 Å². The van der Waals surface area contributed by atoms with Crippen LogP contribution in [0.15, 0.2) is 23.1 Å². The number of carbonyl (C=O) groups excluding carboxylic acids is 1. The second kappa shape index (κ2) is 7.46. The van der Waals surface area contributed by atoms with Crippen molar-refractivity contribution < 1.29 is 17.9 Å². The molecule has 1 aromatic rings. The fourth-order valence-electron chi connectivity index (χ4n) is 3.68. The molecule has 0 unspecified atom stereocenters. The van der Waals surface area contributed by atoms with Crippen LogP contribution in [-0.4, -0.2) is 37.9 Å². The maximum absolute atomic E-state index is 12.9. The van der Waals surface area contributed by atoms with Gasteiger partial charge in [0.2, 0.25) is 10.0 Å². The first kappa shape index (κ1) is 18.4. The molecule has 0 spiro atoms. The Hall–Kier alpha value is -1.40. The molecule has 0 bridgehead atoms. The van der Waals surface area contributed by atoms with Crippen molar-refractivity contribution in [2.24, 2.45) is 5.92 Å². The lowest BCUT2D eigenvalue weighted by Crippen LogP contribution is -2.41. The van der Waals surface area contributed by atoms with Gasteiger partial charge in [-0.3, -0.25) is 4.79 Å². The Labute approximate surface area is 150 Å². The standard InChI is InChI=1S/C19H27NO4S/c1-14(2)24-19(21)16-9-11-20(12-10-16)25(22,23)18-8-7-15-5-3-4-6-17(15)13-18/h7-8,13-14,16H,3-6,9-12H2,1-2H3. The summed E-state index contributed by atoms with van der Waals surface area (Å²) in [6.45, 7) is 4.40. The predicted molar refractivity (Wildman–Crippen MR) is 95.8 cm³/mol. The van der Waals surface area contributed by atoms with Crippen LogP contribution >= 0.6 is 0 Å². The van der Waals surface area contributed by atoms with Crippen LogP contribution < -0.4 is 0 Å². The van der Waals surface area contributed by atoms with E-state index in [0.717, 1.165) is 19.3 Å². The Morgan fingerprint density at radius 3 is 2.40 bits per heavy atom. The molecule has 1 heterocycles. The number of hydrogen-bond donors (Lipinski definition) is 0. The van der Waals surface area contributed by atoms with Crippen LogP contribution in [0.1, 0.15) is 50.7 Å². The average molecular weight is 365 g/mol. The Morgan fingerprint density at radius 1 is 1.12 bits per heavy atom. The van der Waals surface area contributed by atoms with Gasteiger partial charge in [0.1, 0.15) is 0 Å². The molecule has 2 aliphatic rings. The van der Waals surface area contributed by atoms with E-state index in [9.17, 15) is 13.2 Å². The molecule has 25 heavy (non-hydrogen) atoms. The maximum atomic E-state index is 12.9. The van der Waals surface area contributed by atoms with Crippen molar-refractivity contribution in [2.45, 2.75) is 63.4 Å². The summed E-state index contributed by atoms with van der Waals surface area (Å²) in [7, 11) is -3.49. The predicted octanol–water partition coefficient (Wildman–Crippen LogP) is 2.92. The Bertz CT molecular complexity index is 734. The lowest BCUT2D eigenvalue weighted by Gasteiger charge is -2.30. The maximum Gasteiger partial charge on any atom is 0.309 e. The van der Waals surface area contributed by atoms with Gasteiger partial charge in [-0.15, -0.1) is 0 Å². The normalized spacial score (nSPS) is 19.6. The zero-order valence-corrected chi connectivity index (χ0v) is 15.8. The Kier molecular flexibility index (Phi) is 5.49. The topological polar surface area (TPSA) is 63.7 Å². The fraction of sp³-hybridized carbons (Fsp3) is 0.632. The van der Waals surface area contributed by atoms with Gasteiger partial charge in [0.05, 0.1) is 16.9 Å². The molecule has 1 aliphatic carbocycles. The van der Waals surface area contributed by atoms with Crippen molar-refractivity contribution in [3.8, 4) is 0 Å². The molecule has 1 fully saturated rings. The van der Waals surface area contributed by atoms with Gasteiger partial charge in [0.15, 0.2) is 0 Å². The lowest BCUT2D eigenvalue weighted by molar-refractivity contribution is -0.153. The molecular formula is C19H27NO4S. The van der Waals surface area contributed by atoms with Crippen molar-refractivity contribution in [3.05, 3.63) is 29.3 Å². The number of sulfonamides is 1. The zero-order valence-electron chi connectivity index (χ0n) is 15.0. The molecule has 0 radical (unpaired) electrons. The first-order valence-electron chi connectivity index (χ1n) is 9.20. The minimum absolute atomic E-state index is 0.134. The minimum Gasteiger partial charge on any atom is -0.463 e. The highest BCUT2D eigenvalue weighted by molar-refractivity contribution is 7.89. The summed E-state index contributed by atoms with van der Waals surface area (Å²) in [5, 5.41) is 0. The average Bonchev–Trinajstić information content (AvgIpc) is 2.61. The van der Waals surface area contributed by atoms with Crippen molar-refractivity contribution in [1.29, 1.82) is 0 Å². The molecule has 138 valence electrons. The molecule has 3 rings (SSSR count). The number of rotatable bonds is 4. The summed E-state index contributed by atoms with van der Waals surface area (Å²) in [6, 6.07) is 5.55. The highest BCUT2D eigenvalue weighted by Gasteiger charge is 2.33. The van der Waals surface area contributed by atoms with E-state index in [0.29, 0.717) is 30.8 Å². The third kappa shape index (κ3) is 4.06. The van der Waals surface area contributed by atoms with Crippen molar-refractivity contribution in [1.82, 2.24) is 4.31 Å². The van der Waals surface area contributed by atoms with Crippen molar-refractivity contribution >= 4 is 16.0 Å². The summed E-state index contributed by atoms with van der Waals surface area (Å²) < 4.78 is 32.6. The molecule has 0 saturated carbocycles. The number of piperidine rings is 1. The van der Waals surface area contributed by atoms with Crippen LogP contribution in [0.4, 0.5) is 0 Å². The lowest BCUT2D eigenvalue weighted by atomic mass is 9.92. The van der Waals surface area contributed by atoms with E-state index >= 15 is 0 Å². The van der Waals surface area contributed by atoms with Gasteiger partial charge in [-0.05, 0) is 75.6 Å². The summed E-state index contributed by atoms with van der Waals surface area (Å²) >= 11 is 0. The molecule has 0 aromatic heterocycles. The van der Waals surface area contributed by atoms with E-state index in [1.54, 1.807) is 6.07 Å². The summed E-state index contributed by atoms with van der Waals surface area (Å²) in [5.74, 6) is -0.404. The van der Waals surface area contributed by atoms with Crippen LogP contribution in [0, 0.1) is 5.92 Å². The monoisotopic (exact) mass is 365 g/mol. The van der Waals surface area contributed by atoms with Crippen molar-refractivity contribution in [2.75, 3.05) is 13.1 Å². The zero-order chi connectivity index (χ0) is 18.0. The fourth-order valence-corrected chi connectivity index (χ4v) is 5.20. The van der Waals surface area contributed by atoms with Gasteiger partial charge in [0, 0.05) is 13.1 Å². The highest BCUT2D eigenvalue weighted by Crippen LogP contribution is 2.28. The van der Waals surface area contributed by atoms with Crippen LogP contribution in [0.5, 0.6) is 0 Å². The molecule has 5 nitrogen and oxygen atoms in total. The highest BCUT2D eigenvalue weighted by atomic mass is 32.2. The van der Waals surface area contributed by atoms with Gasteiger partial charge in [-0.2, -0.15) is 4.31 Å². The molecule has 1 saturated heterocycles. The van der Waals surface area contributed by atoms with Gasteiger partial charge < -0.3 is 4.74 Å². The summed E-state index contributed by atoms with van der Waals surface area (Å²) in [4.78, 5) is 12.4.